The van der Waals surface area contributed by atoms with E-state index >= 15 is 0 Å². The second kappa shape index (κ2) is 4.97. The van der Waals surface area contributed by atoms with Crippen LogP contribution in [-0.2, 0) is 0 Å². The van der Waals surface area contributed by atoms with Gasteiger partial charge in [0.15, 0.2) is 11.6 Å². The highest BCUT2D eigenvalue weighted by molar-refractivity contribution is 6.32. The number of carbonyl (C=O) groups is 1. The van der Waals surface area contributed by atoms with Crippen molar-refractivity contribution in [1.29, 1.82) is 0 Å². The zero-order valence-corrected chi connectivity index (χ0v) is 9.45. The molecule has 0 aliphatic heterocycles. The van der Waals surface area contributed by atoms with Gasteiger partial charge < -0.3 is 4.74 Å². The van der Waals surface area contributed by atoms with Crippen LogP contribution in [0.1, 0.15) is 10.4 Å². The molecule has 0 unspecified atom stereocenters. The second-order valence-corrected chi connectivity index (χ2v) is 3.75. The molecule has 0 atom stereocenters. The summed E-state index contributed by atoms with van der Waals surface area (Å²) in [5.74, 6) is -0.132. The van der Waals surface area contributed by atoms with Gasteiger partial charge in [-0.2, -0.15) is 0 Å². The van der Waals surface area contributed by atoms with Crippen LogP contribution in [0.25, 0.3) is 0 Å². The molecule has 2 aromatic carbocycles. The van der Waals surface area contributed by atoms with Gasteiger partial charge in [0.1, 0.15) is 12.0 Å². The summed E-state index contributed by atoms with van der Waals surface area (Å²) in [4.78, 5) is 10.5. The Balaban J connectivity index is 2.28. The van der Waals surface area contributed by atoms with Crippen molar-refractivity contribution >= 4 is 17.9 Å². The van der Waals surface area contributed by atoms with Gasteiger partial charge >= 0.3 is 0 Å². The number of aldehydes is 1. The Morgan fingerprint density at radius 3 is 2.41 bits per heavy atom. The molecule has 0 amide bonds. The predicted octanol–water partition coefficient (Wildman–Crippen LogP) is 4.08. The summed E-state index contributed by atoms with van der Waals surface area (Å²) in [5, 5.41) is 0.199. The predicted molar refractivity (Wildman–Crippen MR) is 63.3 cm³/mol. The lowest BCUT2D eigenvalue weighted by Gasteiger charge is -2.08. The highest BCUT2D eigenvalue weighted by Crippen LogP contribution is 2.31. The van der Waals surface area contributed by atoms with Crippen LogP contribution in [0.5, 0.6) is 11.5 Å². The van der Waals surface area contributed by atoms with Crippen molar-refractivity contribution in [2.75, 3.05) is 0 Å². The van der Waals surface area contributed by atoms with E-state index in [0.29, 0.717) is 11.3 Å². The SMILES string of the molecule is O=Cc1ccc(Oc2c(F)cccc2Cl)cc1. The molecule has 4 heteroatoms. The summed E-state index contributed by atoms with van der Waals surface area (Å²) in [6, 6.07) is 10.6. The Kier molecular flexibility index (Phi) is 3.40. The van der Waals surface area contributed by atoms with Gasteiger partial charge in [-0.15, -0.1) is 0 Å². The zero-order valence-electron chi connectivity index (χ0n) is 8.69. The Hall–Kier alpha value is -1.87. The molecule has 0 fully saturated rings. The fraction of sp³-hybridized carbons (Fsp3) is 0. The van der Waals surface area contributed by atoms with Gasteiger partial charge in [0.05, 0.1) is 5.02 Å². The summed E-state index contributed by atoms with van der Waals surface area (Å²) in [6.45, 7) is 0. The van der Waals surface area contributed by atoms with Gasteiger partial charge in [-0.3, -0.25) is 4.79 Å². The molecule has 17 heavy (non-hydrogen) atoms. The lowest BCUT2D eigenvalue weighted by molar-refractivity contribution is 0.112. The monoisotopic (exact) mass is 250 g/mol. The van der Waals surface area contributed by atoms with E-state index in [9.17, 15) is 9.18 Å². The minimum absolute atomic E-state index is 0.0204. The van der Waals surface area contributed by atoms with Crippen LogP contribution in [0.3, 0.4) is 0 Å². The van der Waals surface area contributed by atoms with Crippen LogP contribution in [-0.4, -0.2) is 6.29 Å². The van der Waals surface area contributed by atoms with Crippen LogP contribution in [0.4, 0.5) is 4.39 Å². The molecule has 0 saturated heterocycles. The first kappa shape index (κ1) is 11.6. The summed E-state index contributed by atoms with van der Waals surface area (Å²) in [7, 11) is 0. The summed E-state index contributed by atoms with van der Waals surface area (Å²) < 4.78 is 18.7. The van der Waals surface area contributed by atoms with Crippen molar-refractivity contribution in [3.8, 4) is 11.5 Å². The number of halogens is 2. The molecule has 2 rings (SSSR count). The molecule has 0 aliphatic rings. The Morgan fingerprint density at radius 2 is 1.82 bits per heavy atom. The van der Waals surface area contributed by atoms with Gasteiger partial charge in [0.25, 0.3) is 0 Å². The van der Waals surface area contributed by atoms with Gasteiger partial charge in [0, 0.05) is 5.56 Å². The van der Waals surface area contributed by atoms with E-state index in [1.165, 1.54) is 12.1 Å². The molecule has 0 heterocycles. The normalized spacial score (nSPS) is 10.0. The fourth-order valence-electron chi connectivity index (χ4n) is 1.31. The molecule has 0 bridgehead atoms. The lowest BCUT2D eigenvalue weighted by atomic mass is 10.2. The molecule has 2 nitrogen and oxygen atoms in total. The van der Waals surface area contributed by atoms with Crippen LogP contribution in [0, 0.1) is 5.82 Å². The first-order chi connectivity index (χ1) is 8.20. The average molecular weight is 251 g/mol. The molecule has 2 aromatic rings. The minimum Gasteiger partial charge on any atom is -0.453 e. The van der Waals surface area contributed by atoms with Gasteiger partial charge in [-0.1, -0.05) is 17.7 Å². The molecule has 0 radical (unpaired) electrons. The van der Waals surface area contributed by atoms with Crippen molar-refractivity contribution in [2.24, 2.45) is 0 Å². The number of hydrogen-bond donors (Lipinski definition) is 0. The maximum Gasteiger partial charge on any atom is 0.181 e. The highest BCUT2D eigenvalue weighted by atomic mass is 35.5. The third kappa shape index (κ3) is 2.63. The molecular weight excluding hydrogens is 243 g/mol. The Labute approximate surface area is 103 Å². The first-order valence-electron chi connectivity index (χ1n) is 4.88. The van der Waals surface area contributed by atoms with E-state index in [-0.39, 0.29) is 10.8 Å². The van der Waals surface area contributed by atoms with Crippen molar-refractivity contribution in [2.45, 2.75) is 0 Å². The van der Waals surface area contributed by atoms with E-state index in [1.54, 1.807) is 30.3 Å². The Morgan fingerprint density at radius 1 is 1.12 bits per heavy atom. The minimum atomic E-state index is -0.531. The maximum atomic E-state index is 13.4. The number of rotatable bonds is 3. The van der Waals surface area contributed by atoms with Crippen LogP contribution in [0.15, 0.2) is 42.5 Å². The quantitative estimate of drug-likeness (QED) is 0.767. The molecule has 0 spiro atoms. The van der Waals surface area contributed by atoms with Gasteiger partial charge in [0.2, 0.25) is 0 Å². The number of carbonyl (C=O) groups excluding carboxylic acids is 1. The van der Waals surface area contributed by atoms with Crippen LogP contribution < -0.4 is 4.74 Å². The third-order valence-electron chi connectivity index (χ3n) is 2.16. The number of benzene rings is 2. The van der Waals surface area contributed by atoms with Gasteiger partial charge in [-0.05, 0) is 36.4 Å². The lowest BCUT2D eigenvalue weighted by Crippen LogP contribution is -1.89. The van der Waals surface area contributed by atoms with Gasteiger partial charge in [-0.25, -0.2) is 4.39 Å². The van der Waals surface area contributed by atoms with E-state index in [1.807, 2.05) is 0 Å². The standard InChI is InChI=1S/C13H8ClFO2/c14-11-2-1-3-12(15)13(11)17-10-6-4-9(8-16)5-7-10/h1-8H. The van der Waals surface area contributed by atoms with E-state index in [4.69, 9.17) is 16.3 Å². The second-order valence-electron chi connectivity index (χ2n) is 3.34. The molecule has 0 aliphatic carbocycles. The average Bonchev–Trinajstić information content (AvgIpc) is 2.35. The first-order valence-corrected chi connectivity index (χ1v) is 5.25. The highest BCUT2D eigenvalue weighted by Gasteiger charge is 2.09. The number of ether oxygens (including phenoxy) is 1. The van der Waals surface area contributed by atoms with Crippen molar-refractivity contribution in [3.63, 3.8) is 0 Å². The summed E-state index contributed by atoms with van der Waals surface area (Å²) in [6.07, 6.45) is 0.722. The van der Waals surface area contributed by atoms with E-state index in [0.717, 1.165) is 6.29 Å². The molecular formula is C13H8ClFO2. The zero-order chi connectivity index (χ0) is 12.3. The molecule has 0 N–H and O–H groups in total. The number of para-hydroxylation sites is 1. The smallest absolute Gasteiger partial charge is 0.181 e. The van der Waals surface area contributed by atoms with E-state index in [2.05, 4.69) is 0 Å². The molecule has 0 aromatic heterocycles. The third-order valence-corrected chi connectivity index (χ3v) is 2.45. The largest absolute Gasteiger partial charge is 0.453 e. The summed E-state index contributed by atoms with van der Waals surface area (Å²) >= 11 is 5.82. The van der Waals surface area contributed by atoms with Crippen molar-refractivity contribution < 1.29 is 13.9 Å². The maximum absolute atomic E-state index is 13.4. The van der Waals surface area contributed by atoms with E-state index < -0.39 is 5.82 Å². The Bertz CT molecular complexity index is 517. The van der Waals surface area contributed by atoms with Crippen molar-refractivity contribution in [3.05, 3.63) is 58.9 Å². The van der Waals surface area contributed by atoms with Crippen LogP contribution in [0.2, 0.25) is 5.02 Å². The summed E-state index contributed by atoms with van der Waals surface area (Å²) in [5.41, 5.74) is 0.525. The number of hydrogen-bond acceptors (Lipinski definition) is 2. The fourth-order valence-corrected chi connectivity index (χ4v) is 1.51. The molecule has 0 saturated carbocycles. The van der Waals surface area contributed by atoms with Crippen LogP contribution >= 0.6 is 11.6 Å². The molecule has 86 valence electrons. The topological polar surface area (TPSA) is 26.3 Å². The van der Waals surface area contributed by atoms with Crippen molar-refractivity contribution in [1.82, 2.24) is 0 Å².